The molecule has 3 fully saturated rings. The molecule has 0 aliphatic carbocycles. The smallest absolute Gasteiger partial charge is 0.319 e. The summed E-state index contributed by atoms with van der Waals surface area (Å²) in [7, 11) is 1.92. The summed E-state index contributed by atoms with van der Waals surface area (Å²) in [6, 6.07) is 10.7. The van der Waals surface area contributed by atoms with Crippen LogP contribution in [-0.4, -0.2) is 82.8 Å². The fourth-order valence-corrected chi connectivity index (χ4v) is 9.28. The lowest BCUT2D eigenvalue weighted by molar-refractivity contribution is -0.126. The zero-order chi connectivity index (χ0) is 34.6. The van der Waals surface area contributed by atoms with Crippen LogP contribution in [0.3, 0.4) is 0 Å². The standard InChI is InChI=1S/C36H36F2N8O2S/c1-4-27-28(11-14-46(27)29(47)5-2)44(3)34-23-8-7-21(22-9-10-26(38)32-30(22)25(17-40)33(41)49-32)24(16-39)31(23)42-35(43-34)48-19-36-12-6-13-45(36)18-20(37)15-36/h5,7-10,20,27-28H,2,4,6,11-15,18-19,41H2,1,3H3. The predicted molar refractivity (Wildman–Crippen MR) is 186 cm³/mol. The number of likely N-dealkylation sites (N-methyl/N-ethyl adjacent to an activating group) is 1. The molecule has 4 unspecified atom stereocenters. The minimum absolute atomic E-state index is 0.0540. The number of likely N-dealkylation sites (tertiary alicyclic amines) is 1. The number of hydrogen-bond donors (Lipinski definition) is 1. The Balaban J connectivity index is 1.39. The van der Waals surface area contributed by atoms with Gasteiger partial charge >= 0.3 is 6.01 Å². The minimum atomic E-state index is -0.928. The quantitative estimate of drug-likeness (QED) is 0.224. The van der Waals surface area contributed by atoms with Crippen molar-refractivity contribution in [3.8, 4) is 29.3 Å². The van der Waals surface area contributed by atoms with Crippen molar-refractivity contribution in [3.05, 3.63) is 53.9 Å². The van der Waals surface area contributed by atoms with Crippen LogP contribution in [0.5, 0.6) is 6.01 Å². The second kappa shape index (κ2) is 12.6. The van der Waals surface area contributed by atoms with Crippen molar-refractivity contribution < 1.29 is 18.3 Å². The summed E-state index contributed by atoms with van der Waals surface area (Å²) in [5, 5.41) is 21.8. The van der Waals surface area contributed by atoms with Crippen LogP contribution >= 0.6 is 11.3 Å². The van der Waals surface area contributed by atoms with Crippen LogP contribution in [0.15, 0.2) is 36.9 Å². The Kier molecular flexibility index (Phi) is 8.37. The summed E-state index contributed by atoms with van der Waals surface area (Å²) in [6.45, 7) is 7.66. The molecule has 49 heavy (non-hydrogen) atoms. The minimum Gasteiger partial charge on any atom is -0.461 e. The van der Waals surface area contributed by atoms with Gasteiger partial charge in [-0.1, -0.05) is 25.6 Å². The number of fused-ring (bicyclic) bond motifs is 3. The highest BCUT2D eigenvalue weighted by atomic mass is 32.1. The van der Waals surface area contributed by atoms with Crippen molar-refractivity contribution >= 4 is 49.1 Å². The number of nitrogens with two attached hydrogens (primary N) is 1. The van der Waals surface area contributed by atoms with E-state index in [4.69, 9.17) is 20.4 Å². The first-order valence-electron chi connectivity index (χ1n) is 16.5. The molecule has 10 nitrogen and oxygen atoms in total. The highest BCUT2D eigenvalue weighted by Crippen LogP contribution is 2.44. The number of nitrogen functional groups attached to an aromatic ring is 1. The third kappa shape index (κ3) is 5.23. The van der Waals surface area contributed by atoms with E-state index in [1.165, 1.54) is 12.1 Å². The average Bonchev–Trinajstić information content (AvgIpc) is 3.86. The summed E-state index contributed by atoms with van der Waals surface area (Å²) in [5.41, 5.74) is 7.30. The Hall–Kier alpha value is -4.85. The topological polar surface area (TPSA) is 135 Å². The monoisotopic (exact) mass is 682 g/mol. The lowest BCUT2D eigenvalue weighted by Gasteiger charge is -2.34. The van der Waals surface area contributed by atoms with E-state index >= 15 is 0 Å². The molecule has 2 aromatic carbocycles. The Bertz CT molecular complexity index is 2090. The number of carbonyl (C=O) groups excluding carboxylic acids is 1. The maximum atomic E-state index is 15.0. The Morgan fingerprint density at radius 2 is 2.00 bits per heavy atom. The normalized spacial score (nSPS) is 23.5. The molecule has 3 aliphatic heterocycles. The molecule has 0 spiro atoms. The number of amides is 1. The van der Waals surface area contributed by atoms with E-state index < -0.39 is 17.5 Å². The fourth-order valence-electron chi connectivity index (χ4n) is 8.33. The number of nitrogens with zero attached hydrogens (tertiary/aromatic N) is 7. The number of halogens is 2. The number of carbonyl (C=O) groups is 1. The van der Waals surface area contributed by atoms with Gasteiger partial charge in [0.05, 0.1) is 39.0 Å². The Morgan fingerprint density at radius 1 is 1.22 bits per heavy atom. The van der Waals surface area contributed by atoms with Crippen molar-refractivity contribution in [1.82, 2.24) is 19.8 Å². The predicted octanol–water partition coefficient (Wildman–Crippen LogP) is 5.93. The highest BCUT2D eigenvalue weighted by Gasteiger charge is 2.49. The first kappa shape index (κ1) is 32.7. The number of alkyl halides is 1. The van der Waals surface area contributed by atoms with Gasteiger partial charge in [-0.3, -0.25) is 9.69 Å². The lowest BCUT2D eigenvalue weighted by atomic mass is 9.93. The van der Waals surface area contributed by atoms with Crippen LogP contribution in [0.1, 0.15) is 50.2 Å². The largest absolute Gasteiger partial charge is 0.461 e. The molecule has 4 atom stereocenters. The molecular formula is C36H36F2N8O2S. The van der Waals surface area contributed by atoms with E-state index in [0.29, 0.717) is 65.6 Å². The van der Waals surface area contributed by atoms with E-state index in [0.717, 1.165) is 30.7 Å². The van der Waals surface area contributed by atoms with Crippen molar-refractivity contribution in [3.63, 3.8) is 0 Å². The van der Waals surface area contributed by atoms with E-state index in [9.17, 15) is 24.1 Å². The molecule has 2 N–H and O–H groups in total. The molecule has 5 heterocycles. The maximum Gasteiger partial charge on any atom is 0.319 e. The molecule has 252 valence electrons. The van der Waals surface area contributed by atoms with Crippen molar-refractivity contribution in [2.24, 2.45) is 0 Å². The van der Waals surface area contributed by atoms with Gasteiger partial charge in [0.25, 0.3) is 0 Å². The van der Waals surface area contributed by atoms with Gasteiger partial charge in [0.15, 0.2) is 0 Å². The molecule has 7 rings (SSSR count). The summed E-state index contributed by atoms with van der Waals surface area (Å²) in [6.07, 6.45) is 3.94. The highest BCUT2D eigenvalue weighted by molar-refractivity contribution is 7.23. The number of benzene rings is 2. The second-order valence-electron chi connectivity index (χ2n) is 13.1. The zero-order valence-corrected chi connectivity index (χ0v) is 28.2. The fraction of sp³-hybridized carbons (Fsp3) is 0.417. The first-order chi connectivity index (χ1) is 23.6. The molecule has 4 aromatic rings. The number of thiophene rings is 1. The van der Waals surface area contributed by atoms with Gasteiger partial charge in [0.2, 0.25) is 5.91 Å². The number of aromatic nitrogens is 2. The number of rotatable bonds is 8. The summed E-state index contributed by atoms with van der Waals surface area (Å²) in [4.78, 5) is 28.4. The molecule has 3 aliphatic rings. The molecule has 1 amide bonds. The van der Waals surface area contributed by atoms with Crippen molar-refractivity contribution in [1.29, 1.82) is 10.5 Å². The summed E-state index contributed by atoms with van der Waals surface area (Å²) < 4.78 is 36.1. The van der Waals surface area contributed by atoms with Gasteiger partial charge in [0.1, 0.15) is 41.6 Å². The van der Waals surface area contributed by atoms with Gasteiger partial charge in [-0.15, -0.1) is 11.3 Å². The summed E-state index contributed by atoms with van der Waals surface area (Å²) in [5.74, 6) is -0.112. The molecule has 13 heteroatoms. The SMILES string of the molecule is C=CC(=O)N1CCC(N(C)c2nc(OCC34CCCN3CC(F)C4)nc3c(C#N)c(-c4ccc(F)c5sc(N)c(C#N)c45)ccc23)C1CC. The van der Waals surface area contributed by atoms with E-state index in [2.05, 4.69) is 23.6 Å². The third-order valence-corrected chi connectivity index (χ3v) is 11.6. The first-order valence-corrected chi connectivity index (χ1v) is 17.3. The van der Waals surface area contributed by atoms with E-state index in [1.807, 2.05) is 29.8 Å². The number of hydrogen-bond acceptors (Lipinski definition) is 10. The van der Waals surface area contributed by atoms with Crippen LogP contribution in [0.2, 0.25) is 0 Å². The zero-order valence-electron chi connectivity index (χ0n) is 27.4. The second-order valence-corrected chi connectivity index (χ2v) is 14.2. The molecule has 0 radical (unpaired) electrons. The van der Waals surface area contributed by atoms with Gasteiger partial charge in [-0.25, -0.2) is 8.78 Å². The molecular weight excluding hydrogens is 647 g/mol. The molecule has 0 bridgehead atoms. The van der Waals surface area contributed by atoms with Gasteiger partial charge in [0, 0.05) is 42.9 Å². The van der Waals surface area contributed by atoms with Crippen LogP contribution in [0.25, 0.3) is 32.1 Å². The number of ether oxygens (including phenoxy) is 1. The van der Waals surface area contributed by atoms with Crippen molar-refractivity contribution in [2.45, 2.75) is 62.8 Å². The Morgan fingerprint density at radius 3 is 2.73 bits per heavy atom. The molecule has 2 aromatic heterocycles. The molecule has 0 saturated carbocycles. The van der Waals surface area contributed by atoms with Gasteiger partial charge < -0.3 is 20.3 Å². The van der Waals surface area contributed by atoms with E-state index in [1.54, 1.807) is 12.1 Å². The van der Waals surface area contributed by atoms with E-state index in [-0.39, 0.29) is 51.4 Å². The average molecular weight is 683 g/mol. The van der Waals surface area contributed by atoms with Crippen LogP contribution in [0.4, 0.5) is 19.6 Å². The third-order valence-electron chi connectivity index (χ3n) is 10.6. The van der Waals surface area contributed by atoms with Crippen LogP contribution in [-0.2, 0) is 4.79 Å². The maximum absolute atomic E-state index is 15.0. The van der Waals surface area contributed by atoms with Crippen LogP contribution < -0.4 is 15.4 Å². The Labute approximate surface area is 287 Å². The van der Waals surface area contributed by atoms with Crippen molar-refractivity contribution in [2.75, 3.05) is 43.9 Å². The van der Waals surface area contributed by atoms with Gasteiger partial charge in [-0.2, -0.15) is 20.5 Å². The van der Waals surface area contributed by atoms with Gasteiger partial charge in [-0.05, 0) is 56.0 Å². The lowest BCUT2D eigenvalue weighted by Crippen LogP contribution is -2.45. The number of anilines is 2. The number of nitriles is 2. The van der Waals surface area contributed by atoms with Crippen LogP contribution in [0, 0.1) is 28.5 Å². The molecule has 3 saturated heterocycles. The summed E-state index contributed by atoms with van der Waals surface area (Å²) >= 11 is 0.991.